The van der Waals surface area contributed by atoms with Crippen molar-refractivity contribution in [3.63, 3.8) is 0 Å². The number of aromatic nitrogens is 2. The van der Waals surface area contributed by atoms with Crippen LogP contribution in [0.2, 0.25) is 0 Å². The Morgan fingerprint density at radius 1 is 1.15 bits per heavy atom. The first-order valence-corrected chi connectivity index (χ1v) is 12.4. The average molecular weight is 411 g/mol. The van der Waals surface area contributed by atoms with Crippen LogP contribution < -0.4 is 4.74 Å². The second kappa shape index (κ2) is 8.01. The number of aryl methyl sites for hydroxylation is 1. The first-order valence-electron chi connectivity index (χ1n) is 9.78. The van der Waals surface area contributed by atoms with E-state index in [0.29, 0.717) is 12.3 Å². The molecule has 0 unspecified atom stereocenters. The normalized spacial score (nSPS) is 21.3. The van der Waals surface area contributed by atoms with Crippen molar-refractivity contribution in [3.05, 3.63) is 16.8 Å². The first kappa shape index (κ1) is 19.1. The fourth-order valence-electron chi connectivity index (χ4n) is 4.30. The number of hydrogen-bond acceptors (Lipinski definition) is 7. The highest BCUT2D eigenvalue weighted by molar-refractivity contribution is 7.85. The van der Waals surface area contributed by atoms with Crippen molar-refractivity contribution >= 4 is 31.7 Å². The molecular formula is C19H26N2O4S2. The quantitative estimate of drug-likeness (QED) is 0.665. The van der Waals surface area contributed by atoms with E-state index in [1.165, 1.54) is 29.7 Å². The first-order chi connectivity index (χ1) is 13.0. The lowest BCUT2D eigenvalue weighted by Gasteiger charge is -2.25. The predicted molar refractivity (Wildman–Crippen MR) is 106 cm³/mol. The Morgan fingerprint density at radius 3 is 2.74 bits per heavy atom. The lowest BCUT2D eigenvalue weighted by Crippen LogP contribution is -2.20. The van der Waals surface area contributed by atoms with Gasteiger partial charge in [-0.1, -0.05) is 6.42 Å². The molecule has 4 rings (SSSR count). The molecule has 2 heterocycles. The van der Waals surface area contributed by atoms with Crippen molar-refractivity contribution < 1.29 is 17.3 Å². The standard InChI is InChI=1S/C19H26N2O4S2/c1-27(22,23)24-11-10-13-6-5-9-15-16(13)17-18(20-12-21-19(17)26-15)25-14-7-3-2-4-8-14/h12-14H,2-11H2,1H3/t13-/m0/s1. The van der Waals surface area contributed by atoms with Gasteiger partial charge in [0.2, 0.25) is 5.88 Å². The minimum atomic E-state index is -3.41. The van der Waals surface area contributed by atoms with Gasteiger partial charge in [-0.2, -0.15) is 8.42 Å². The summed E-state index contributed by atoms with van der Waals surface area (Å²) in [7, 11) is -3.41. The summed E-state index contributed by atoms with van der Waals surface area (Å²) >= 11 is 1.73. The van der Waals surface area contributed by atoms with Gasteiger partial charge in [0.05, 0.1) is 18.2 Å². The Kier molecular flexibility index (Phi) is 5.66. The molecule has 8 heteroatoms. The van der Waals surface area contributed by atoms with Gasteiger partial charge >= 0.3 is 0 Å². The molecule has 2 aliphatic carbocycles. The zero-order valence-electron chi connectivity index (χ0n) is 15.6. The number of rotatable bonds is 6. The molecule has 0 aliphatic heterocycles. The van der Waals surface area contributed by atoms with Gasteiger partial charge in [-0.05, 0) is 62.8 Å². The van der Waals surface area contributed by atoms with Crippen LogP contribution in [0.15, 0.2) is 6.33 Å². The Bertz CT molecular complexity index is 904. The maximum atomic E-state index is 11.3. The lowest BCUT2D eigenvalue weighted by molar-refractivity contribution is 0.150. The van der Waals surface area contributed by atoms with E-state index in [0.717, 1.165) is 48.6 Å². The lowest BCUT2D eigenvalue weighted by atomic mass is 9.84. The highest BCUT2D eigenvalue weighted by Crippen LogP contribution is 2.46. The van der Waals surface area contributed by atoms with Crippen molar-refractivity contribution in [3.8, 4) is 5.88 Å². The molecule has 148 valence electrons. The van der Waals surface area contributed by atoms with Gasteiger partial charge < -0.3 is 4.74 Å². The Hall–Kier alpha value is -1.25. The van der Waals surface area contributed by atoms with Crippen molar-refractivity contribution in [2.75, 3.05) is 12.9 Å². The van der Waals surface area contributed by atoms with Gasteiger partial charge in [0.25, 0.3) is 10.1 Å². The van der Waals surface area contributed by atoms with Crippen LogP contribution in [0, 0.1) is 0 Å². The van der Waals surface area contributed by atoms with E-state index in [1.807, 2.05) is 0 Å². The molecular weight excluding hydrogens is 384 g/mol. The van der Waals surface area contributed by atoms with E-state index < -0.39 is 10.1 Å². The summed E-state index contributed by atoms with van der Waals surface area (Å²) in [5, 5.41) is 1.05. The smallest absolute Gasteiger partial charge is 0.264 e. The predicted octanol–water partition coefficient (Wildman–Crippen LogP) is 4.19. The van der Waals surface area contributed by atoms with E-state index in [4.69, 9.17) is 8.92 Å². The molecule has 2 aromatic rings. The van der Waals surface area contributed by atoms with E-state index in [2.05, 4.69) is 9.97 Å². The molecule has 1 saturated carbocycles. The summed E-state index contributed by atoms with van der Waals surface area (Å²) in [6.45, 7) is 0.215. The monoisotopic (exact) mass is 410 g/mol. The number of ether oxygens (including phenoxy) is 1. The summed E-state index contributed by atoms with van der Waals surface area (Å²) in [5.74, 6) is 0.976. The van der Waals surface area contributed by atoms with Crippen molar-refractivity contribution in [1.82, 2.24) is 9.97 Å². The van der Waals surface area contributed by atoms with Crippen LogP contribution in [0.1, 0.15) is 67.7 Å². The topological polar surface area (TPSA) is 78.4 Å². The Balaban J connectivity index is 1.63. The third kappa shape index (κ3) is 4.43. The molecule has 1 fully saturated rings. The van der Waals surface area contributed by atoms with E-state index >= 15 is 0 Å². The summed E-state index contributed by atoms with van der Waals surface area (Å²) in [4.78, 5) is 11.3. The number of nitrogens with zero attached hydrogens (tertiary/aromatic N) is 2. The maximum Gasteiger partial charge on any atom is 0.264 e. The van der Waals surface area contributed by atoms with Crippen LogP contribution in [0.4, 0.5) is 0 Å². The molecule has 1 atom stereocenters. The van der Waals surface area contributed by atoms with Gasteiger partial charge in [0.15, 0.2) is 0 Å². The van der Waals surface area contributed by atoms with Crippen LogP contribution in [0.5, 0.6) is 5.88 Å². The molecule has 0 saturated heterocycles. The van der Waals surface area contributed by atoms with Crippen LogP contribution in [0.3, 0.4) is 0 Å². The minimum Gasteiger partial charge on any atom is -0.474 e. The summed E-state index contributed by atoms with van der Waals surface area (Å²) < 4.78 is 33.9. The molecule has 0 spiro atoms. The highest BCUT2D eigenvalue weighted by Gasteiger charge is 2.29. The van der Waals surface area contributed by atoms with Crippen LogP contribution in [-0.2, 0) is 20.7 Å². The van der Waals surface area contributed by atoms with Crippen molar-refractivity contribution in [1.29, 1.82) is 0 Å². The number of fused-ring (bicyclic) bond motifs is 3. The van der Waals surface area contributed by atoms with Crippen LogP contribution >= 0.6 is 11.3 Å². The molecule has 0 bridgehead atoms. The third-order valence-corrected chi connectivity index (χ3v) is 7.29. The van der Waals surface area contributed by atoms with E-state index in [9.17, 15) is 8.42 Å². The van der Waals surface area contributed by atoms with E-state index in [1.54, 1.807) is 17.7 Å². The fourth-order valence-corrected chi connectivity index (χ4v) is 5.96. The molecule has 0 aromatic carbocycles. The van der Waals surface area contributed by atoms with E-state index in [-0.39, 0.29) is 18.6 Å². The Morgan fingerprint density at radius 2 is 1.96 bits per heavy atom. The third-order valence-electron chi connectivity index (χ3n) is 5.53. The van der Waals surface area contributed by atoms with Gasteiger partial charge in [0, 0.05) is 4.88 Å². The SMILES string of the molecule is CS(=O)(=O)OCC[C@@H]1CCCc2sc3ncnc(OC4CCCCC4)c3c21. The molecule has 6 nitrogen and oxygen atoms in total. The number of thiophene rings is 1. The highest BCUT2D eigenvalue weighted by atomic mass is 32.2. The van der Waals surface area contributed by atoms with Crippen molar-refractivity contribution in [2.45, 2.75) is 69.8 Å². The number of hydrogen-bond donors (Lipinski definition) is 0. The second-order valence-corrected chi connectivity index (χ2v) is 10.3. The van der Waals surface area contributed by atoms with Crippen LogP contribution in [0.25, 0.3) is 10.2 Å². The molecule has 0 amide bonds. The summed E-state index contributed by atoms with van der Waals surface area (Å²) in [6.07, 6.45) is 12.7. The van der Waals surface area contributed by atoms with Gasteiger partial charge in [-0.3, -0.25) is 4.18 Å². The zero-order valence-corrected chi connectivity index (χ0v) is 17.3. The van der Waals surface area contributed by atoms with Gasteiger partial charge in [-0.25, -0.2) is 9.97 Å². The summed E-state index contributed by atoms with van der Waals surface area (Å²) in [5.41, 5.74) is 1.27. The van der Waals surface area contributed by atoms with Gasteiger partial charge in [-0.15, -0.1) is 11.3 Å². The minimum absolute atomic E-state index is 0.215. The second-order valence-electron chi connectivity index (χ2n) is 7.58. The van der Waals surface area contributed by atoms with Crippen LogP contribution in [-0.4, -0.2) is 37.4 Å². The van der Waals surface area contributed by atoms with Gasteiger partial charge in [0.1, 0.15) is 17.3 Å². The molecule has 0 N–H and O–H groups in total. The molecule has 0 radical (unpaired) electrons. The average Bonchev–Trinajstić information content (AvgIpc) is 3.02. The largest absolute Gasteiger partial charge is 0.474 e. The fraction of sp³-hybridized carbons (Fsp3) is 0.684. The van der Waals surface area contributed by atoms with Crippen molar-refractivity contribution in [2.24, 2.45) is 0 Å². The molecule has 2 aromatic heterocycles. The molecule has 27 heavy (non-hydrogen) atoms. The maximum absolute atomic E-state index is 11.3. The summed E-state index contributed by atoms with van der Waals surface area (Å²) in [6, 6.07) is 0. The Labute approximate surface area is 164 Å². The molecule has 2 aliphatic rings. The zero-order chi connectivity index (χ0) is 18.9.